The van der Waals surface area contributed by atoms with Gasteiger partial charge in [0.1, 0.15) is 8.07 Å². The number of aromatic nitrogens is 3. The van der Waals surface area contributed by atoms with Crippen molar-refractivity contribution in [2.24, 2.45) is 0 Å². The summed E-state index contributed by atoms with van der Waals surface area (Å²) in [6.07, 6.45) is 0. The minimum absolute atomic E-state index is 0.647. The van der Waals surface area contributed by atoms with E-state index in [1.165, 1.54) is 43.4 Å². The van der Waals surface area contributed by atoms with Gasteiger partial charge in [-0.25, -0.2) is 15.0 Å². The molecule has 10 rings (SSSR count). The molecular weight excluding hydrogens is 659 g/mol. The third kappa shape index (κ3) is 5.14. The predicted molar refractivity (Wildman–Crippen MR) is 224 cm³/mol. The second-order valence-electron chi connectivity index (χ2n) is 14.4. The molecule has 0 N–H and O–H groups in total. The van der Waals surface area contributed by atoms with E-state index in [4.69, 9.17) is 15.0 Å². The van der Waals surface area contributed by atoms with Crippen LogP contribution >= 0.6 is 0 Å². The number of hydrogen-bond donors (Lipinski definition) is 0. The fourth-order valence-electron chi connectivity index (χ4n) is 8.34. The van der Waals surface area contributed by atoms with E-state index in [1.807, 2.05) is 24.3 Å². The van der Waals surface area contributed by atoms with Gasteiger partial charge in [0.15, 0.2) is 17.5 Å². The molecule has 250 valence electrons. The first-order chi connectivity index (χ1) is 26.0. The van der Waals surface area contributed by atoms with Crippen molar-refractivity contribution < 1.29 is 0 Å². The van der Waals surface area contributed by atoms with E-state index in [-0.39, 0.29) is 0 Å². The molecule has 0 radical (unpaired) electrons. The maximum atomic E-state index is 5.31. The molecule has 1 aromatic heterocycles. The standard InChI is InChI=1S/C49H35N3Si/c1-53(2)43-27-14-13-22-37(43)38-29-28-35(31-44(38)53)45-39-23-9-11-25-41(39)46(42-26-12-10-24-40(42)45)49-51-47(33-18-7-4-8-19-33)50-48(52-49)36-21-15-20-34(30-36)32-16-5-3-6-17-32/h3-31H,1-2H3. The predicted octanol–water partition coefficient (Wildman–Crippen LogP) is 11.3. The van der Waals surface area contributed by atoms with Crippen molar-refractivity contribution in [3.63, 3.8) is 0 Å². The zero-order valence-corrected chi connectivity index (χ0v) is 30.6. The van der Waals surface area contributed by atoms with Crippen molar-refractivity contribution in [1.29, 1.82) is 0 Å². The molecule has 0 atom stereocenters. The first-order valence-electron chi connectivity index (χ1n) is 18.2. The third-order valence-electron chi connectivity index (χ3n) is 10.9. The third-order valence-corrected chi connectivity index (χ3v) is 14.5. The van der Waals surface area contributed by atoms with Crippen molar-refractivity contribution in [3.8, 4) is 67.5 Å². The van der Waals surface area contributed by atoms with Crippen molar-refractivity contribution in [2.45, 2.75) is 13.1 Å². The van der Waals surface area contributed by atoms with Gasteiger partial charge >= 0.3 is 0 Å². The molecule has 8 aromatic carbocycles. The lowest BCUT2D eigenvalue weighted by Crippen LogP contribution is -2.49. The molecule has 0 aliphatic carbocycles. The van der Waals surface area contributed by atoms with Gasteiger partial charge in [-0.15, -0.1) is 0 Å². The largest absolute Gasteiger partial charge is 0.208 e. The maximum absolute atomic E-state index is 5.31. The normalized spacial score (nSPS) is 12.9. The van der Waals surface area contributed by atoms with E-state index in [9.17, 15) is 0 Å². The molecule has 0 saturated carbocycles. The van der Waals surface area contributed by atoms with Crippen LogP contribution in [0.3, 0.4) is 0 Å². The molecule has 2 heterocycles. The molecule has 4 heteroatoms. The smallest absolute Gasteiger partial charge is 0.165 e. The Balaban J connectivity index is 1.22. The van der Waals surface area contributed by atoms with Gasteiger partial charge in [-0.05, 0) is 71.4 Å². The van der Waals surface area contributed by atoms with Gasteiger partial charge in [0, 0.05) is 16.7 Å². The van der Waals surface area contributed by atoms with Crippen LogP contribution in [0, 0.1) is 0 Å². The van der Waals surface area contributed by atoms with E-state index < -0.39 is 8.07 Å². The summed E-state index contributed by atoms with van der Waals surface area (Å²) in [6, 6.07) is 62.9. The summed E-state index contributed by atoms with van der Waals surface area (Å²) in [5, 5.41) is 7.63. The van der Waals surface area contributed by atoms with E-state index in [0.717, 1.165) is 38.6 Å². The molecule has 1 aliphatic heterocycles. The molecule has 3 nitrogen and oxygen atoms in total. The van der Waals surface area contributed by atoms with E-state index >= 15 is 0 Å². The van der Waals surface area contributed by atoms with Crippen molar-refractivity contribution in [2.75, 3.05) is 0 Å². The molecule has 9 aromatic rings. The quantitative estimate of drug-likeness (QED) is 0.133. The van der Waals surface area contributed by atoms with Crippen LogP contribution in [0.2, 0.25) is 13.1 Å². The summed E-state index contributed by atoms with van der Waals surface area (Å²) >= 11 is 0. The van der Waals surface area contributed by atoms with Gasteiger partial charge in [0.2, 0.25) is 0 Å². The Morgan fingerprint density at radius 3 is 1.49 bits per heavy atom. The molecule has 0 spiro atoms. The molecule has 0 amide bonds. The zero-order chi connectivity index (χ0) is 35.5. The van der Waals surface area contributed by atoms with Crippen LogP contribution in [0.25, 0.3) is 89.1 Å². The average molecular weight is 694 g/mol. The van der Waals surface area contributed by atoms with Crippen LogP contribution in [0.1, 0.15) is 0 Å². The number of nitrogens with zero attached hydrogens (tertiary/aromatic N) is 3. The second kappa shape index (κ2) is 12.3. The van der Waals surface area contributed by atoms with Crippen molar-refractivity contribution in [1.82, 2.24) is 15.0 Å². The number of rotatable bonds is 5. The highest BCUT2D eigenvalue weighted by molar-refractivity contribution is 7.03. The van der Waals surface area contributed by atoms with Gasteiger partial charge in [-0.2, -0.15) is 0 Å². The Labute approximate surface area is 310 Å². The van der Waals surface area contributed by atoms with E-state index in [1.54, 1.807) is 0 Å². The lowest BCUT2D eigenvalue weighted by atomic mass is 9.87. The summed E-state index contributed by atoms with van der Waals surface area (Å²) in [7, 11) is -1.87. The topological polar surface area (TPSA) is 38.7 Å². The molecule has 0 saturated heterocycles. The summed E-state index contributed by atoms with van der Waals surface area (Å²) in [5.41, 5.74) is 10.5. The minimum Gasteiger partial charge on any atom is -0.208 e. The van der Waals surface area contributed by atoms with Crippen LogP contribution in [-0.2, 0) is 0 Å². The van der Waals surface area contributed by atoms with Crippen LogP contribution in [0.4, 0.5) is 0 Å². The highest BCUT2D eigenvalue weighted by Crippen LogP contribution is 2.44. The fraction of sp³-hybridized carbons (Fsp3) is 0.0408. The number of benzene rings is 8. The Bertz CT molecular complexity index is 2810. The zero-order valence-electron chi connectivity index (χ0n) is 29.6. The fourth-order valence-corrected chi connectivity index (χ4v) is 11.4. The molecular formula is C49H35N3Si. The van der Waals surface area contributed by atoms with Gasteiger partial charge in [-0.1, -0.05) is 183 Å². The minimum atomic E-state index is -1.87. The molecule has 53 heavy (non-hydrogen) atoms. The monoisotopic (exact) mass is 693 g/mol. The second-order valence-corrected chi connectivity index (χ2v) is 18.7. The highest BCUT2D eigenvalue weighted by Gasteiger charge is 2.37. The lowest BCUT2D eigenvalue weighted by molar-refractivity contribution is 1.08. The van der Waals surface area contributed by atoms with E-state index in [2.05, 4.69) is 165 Å². The van der Waals surface area contributed by atoms with Crippen LogP contribution < -0.4 is 10.4 Å². The van der Waals surface area contributed by atoms with Crippen molar-refractivity contribution >= 4 is 40.0 Å². The Morgan fingerprint density at radius 1 is 0.321 bits per heavy atom. The SMILES string of the molecule is C[Si]1(C)c2ccccc2-c2ccc(-c3c4ccccc4c(-c4nc(-c5ccccc5)nc(-c5cccc(-c6ccccc6)c5)n4)c4ccccc34)cc21. The van der Waals surface area contributed by atoms with E-state index in [0.29, 0.717) is 17.5 Å². The Morgan fingerprint density at radius 2 is 0.811 bits per heavy atom. The maximum Gasteiger partial charge on any atom is 0.165 e. The first kappa shape index (κ1) is 31.3. The first-order valence-corrected chi connectivity index (χ1v) is 21.2. The van der Waals surface area contributed by atoms with Crippen LogP contribution in [0.15, 0.2) is 176 Å². The number of hydrogen-bond acceptors (Lipinski definition) is 3. The molecule has 0 fully saturated rings. The summed E-state index contributed by atoms with van der Waals surface area (Å²) < 4.78 is 0. The highest BCUT2D eigenvalue weighted by atomic mass is 28.3. The molecule has 0 unspecified atom stereocenters. The van der Waals surface area contributed by atoms with Crippen LogP contribution in [-0.4, -0.2) is 23.0 Å². The van der Waals surface area contributed by atoms with Gasteiger partial charge in [0.05, 0.1) is 0 Å². The van der Waals surface area contributed by atoms with Crippen LogP contribution in [0.5, 0.6) is 0 Å². The Hall–Kier alpha value is -6.49. The number of fused-ring (bicyclic) bond motifs is 5. The van der Waals surface area contributed by atoms with Crippen molar-refractivity contribution in [3.05, 3.63) is 176 Å². The van der Waals surface area contributed by atoms with Gasteiger partial charge < -0.3 is 0 Å². The average Bonchev–Trinajstić information content (AvgIpc) is 3.45. The Kier molecular flexibility index (Phi) is 7.27. The van der Waals surface area contributed by atoms with Gasteiger partial charge in [-0.3, -0.25) is 0 Å². The summed E-state index contributed by atoms with van der Waals surface area (Å²) in [4.78, 5) is 15.7. The molecule has 0 bridgehead atoms. The molecule has 1 aliphatic rings. The van der Waals surface area contributed by atoms with Gasteiger partial charge in [0.25, 0.3) is 0 Å². The summed E-state index contributed by atoms with van der Waals surface area (Å²) in [5.74, 6) is 1.96. The summed E-state index contributed by atoms with van der Waals surface area (Å²) in [6.45, 7) is 4.97. The lowest BCUT2D eigenvalue weighted by Gasteiger charge is -2.21.